The highest BCUT2D eigenvalue weighted by molar-refractivity contribution is 9.10. The van der Waals surface area contributed by atoms with E-state index < -0.39 is 5.97 Å². The van der Waals surface area contributed by atoms with Crippen molar-refractivity contribution in [1.29, 1.82) is 0 Å². The lowest BCUT2D eigenvalue weighted by Gasteiger charge is -2.10. The number of rotatable bonds is 1. The summed E-state index contributed by atoms with van der Waals surface area (Å²) in [5, 5.41) is 5.48. The second-order valence-corrected chi connectivity index (χ2v) is 5.77. The molecule has 1 aliphatic rings. The number of halogens is 1. The zero-order valence-corrected chi connectivity index (χ0v) is 13.3. The number of hydrogen-bond donors (Lipinski definition) is 0. The van der Waals surface area contributed by atoms with Crippen LogP contribution < -0.4 is 4.74 Å². The first-order valence-corrected chi connectivity index (χ1v) is 7.50. The standard InChI is InChI=1S/C16H12BrNO4/c1-9(19)22-18-14-6-7-21-16-12-5-3-11(17)8-10(12)2-4-13(16)15(14)20/h2-5,8H,6-7H2,1H3/b18-14+. The summed E-state index contributed by atoms with van der Waals surface area (Å²) in [6.07, 6.45) is 0.290. The zero-order valence-electron chi connectivity index (χ0n) is 11.8. The molecule has 0 saturated heterocycles. The fourth-order valence-corrected chi connectivity index (χ4v) is 2.71. The molecule has 1 aliphatic heterocycles. The molecule has 0 fully saturated rings. The van der Waals surface area contributed by atoms with Gasteiger partial charge in [-0.25, -0.2) is 4.79 Å². The Morgan fingerprint density at radius 1 is 1.32 bits per heavy atom. The van der Waals surface area contributed by atoms with Crippen LogP contribution in [0.25, 0.3) is 10.8 Å². The number of nitrogens with zero attached hydrogens (tertiary/aromatic N) is 1. The molecule has 5 nitrogen and oxygen atoms in total. The van der Waals surface area contributed by atoms with Gasteiger partial charge in [0.1, 0.15) is 11.5 Å². The van der Waals surface area contributed by atoms with Crippen LogP contribution in [0.5, 0.6) is 5.75 Å². The molecule has 0 aromatic heterocycles. The van der Waals surface area contributed by atoms with Gasteiger partial charge in [0.05, 0.1) is 12.2 Å². The van der Waals surface area contributed by atoms with Crippen LogP contribution in [0.1, 0.15) is 23.7 Å². The first-order valence-electron chi connectivity index (χ1n) is 6.70. The number of Topliss-reactive ketones (excluding diaryl/α,β-unsaturated/α-hetero) is 1. The van der Waals surface area contributed by atoms with Gasteiger partial charge in [-0.2, -0.15) is 0 Å². The van der Waals surface area contributed by atoms with E-state index in [1.54, 1.807) is 6.07 Å². The van der Waals surface area contributed by atoms with Crippen molar-refractivity contribution >= 4 is 44.2 Å². The third-order valence-corrected chi connectivity index (χ3v) is 3.80. The monoisotopic (exact) mass is 361 g/mol. The van der Waals surface area contributed by atoms with Crippen molar-refractivity contribution in [2.45, 2.75) is 13.3 Å². The second kappa shape index (κ2) is 5.88. The van der Waals surface area contributed by atoms with Gasteiger partial charge in [0.25, 0.3) is 0 Å². The topological polar surface area (TPSA) is 65.0 Å². The summed E-state index contributed by atoms with van der Waals surface area (Å²) in [6, 6.07) is 9.33. The number of oxime groups is 1. The predicted octanol–water partition coefficient (Wildman–Crippen LogP) is 3.49. The third kappa shape index (κ3) is 2.74. The van der Waals surface area contributed by atoms with E-state index >= 15 is 0 Å². The van der Waals surface area contributed by atoms with E-state index in [1.165, 1.54) is 6.92 Å². The van der Waals surface area contributed by atoms with Gasteiger partial charge in [-0.15, -0.1) is 0 Å². The molecule has 1 heterocycles. The molecule has 0 unspecified atom stereocenters. The number of ether oxygens (including phenoxy) is 1. The van der Waals surface area contributed by atoms with Gasteiger partial charge in [0.15, 0.2) is 0 Å². The molecule has 0 saturated carbocycles. The van der Waals surface area contributed by atoms with Crippen LogP contribution in [0, 0.1) is 0 Å². The molecule has 0 amide bonds. The average molecular weight is 362 g/mol. The summed E-state index contributed by atoms with van der Waals surface area (Å²) in [5.41, 5.74) is 0.614. The van der Waals surface area contributed by atoms with Crippen LogP contribution in [0.4, 0.5) is 0 Å². The Labute approximate surface area is 135 Å². The maximum atomic E-state index is 12.5. The Morgan fingerprint density at radius 3 is 2.91 bits per heavy atom. The van der Waals surface area contributed by atoms with Gasteiger partial charge >= 0.3 is 5.97 Å². The minimum atomic E-state index is -0.561. The maximum Gasteiger partial charge on any atom is 0.331 e. The molecule has 0 N–H and O–H groups in total. The molecule has 6 heteroatoms. The van der Waals surface area contributed by atoms with Crippen LogP contribution in [0.2, 0.25) is 0 Å². The Morgan fingerprint density at radius 2 is 2.14 bits per heavy atom. The Balaban J connectivity index is 2.10. The molecule has 0 aliphatic carbocycles. The molecule has 0 atom stereocenters. The molecular formula is C16H12BrNO4. The number of carbonyl (C=O) groups excluding carboxylic acids is 2. The van der Waals surface area contributed by atoms with Crippen molar-refractivity contribution < 1.29 is 19.2 Å². The average Bonchev–Trinajstić information content (AvgIpc) is 2.64. The van der Waals surface area contributed by atoms with E-state index in [0.29, 0.717) is 24.3 Å². The van der Waals surface area contributed by atoms with E-state index in [-0.39, 0.29) is 11.5 Å². The zero-order chi connectivity index (χ0) is 15.7. The van der Waals surface area contributed by atoms with Crippen molar-refractivity contribution in [1.82, 2.24) is 0 Å². The molecule has 0 bridgehead atoms. The summed E-state index contributed by atoms with van der Waals surface area (Å²) in [7, 11) is 0. The molecule has 2 aromatic rings. The van der Waals surface area contributed by atoms with Gasteiger partial charge in [0, 0.05) is 23.2 Å². The van der Waals surface area contributed by atoms with Gasteiger partial charge in [-0.05, 0) is 29.7 Å². The van der Waals surface area contributed by atoms with Crippen molar-refractivity contribution in [2.75, 3.05) is 6.61 Å². The lowest BCUT2D eigenvalue weighted by atomic mass is 10.0. The van der Waals surface area contributed by atoms with Gasteiger partial charge in [0.2, 0.25) is 5.78 Å². The number of carbonyl (C=O) groups is 2. The summed E-state index contributed by atoms with van der Waals surface area (Å²) >= 11 is 3.42. The summed E-state index contributed by atoms with van der Waals surface area (Å²) in [6.45, 7) is 1.54. The fraction of sp³-hybridized carbons (Fsp3) is 0.188. The van der Waals surface area contributed by atoms with E-state index in [0.717, 1.165) is 15.2 Å². The van der Waals surface area contributed by atoms with Gasteiger partial charge in [-0.3, -0.25) is 4.79 Å². The smallest absolute Gasteiger partial charge is 0.331 e. The van der Waals surface area contributed by atoms with Crippen molar-refractivity contribution in [3.05, 3.63) is 40.4 Å². The highest BCUT2D eigenvalue weighted by Gasteiger charge is 2.25. The third-order valence-electron chi connectivity index (χ3n) is 3.31. The number of hydrogen-bond acceptors (Lipinski definition) is 5. The van der Waals surface area contributed by atoms with Crippen molar-refractivity contribution in [3.63, 3.8) is 0 Å². The normalized spacial score (nSPS) is 16.1. The first kappa shape index (κ1) is 14.7. The predicted molar refractivity (Wildman–Crippen MR) is 85.3 cm³/mol. The Bertz CT molecular complexity index is 813. The molecule has 3 rings (SSSR count). The van der Waals surface area contributed by atoms with Gasteiger partial charge in [-0.1, -0.05) is 27.2 Å². The highest BCUT2D eigenvalue weighted by atomic mass is 79.9. The largest absolute Gasteiger partial charge is 0.492 e. The first-order chi connectivity index (χ1) is 10.6. The molecule has 112 valence electrons. The molecule has 22 heavy (non-hydrogen) atoms. The molecule has 0 radical (unpaired) electrons. The summed E-state index contributed by atoms with van der Waals surface area (Å²) in [4.78, 5) is 28.0. The van der Waals surface area contributed by atoms with E-state index in [1.807, 2.05) is 24.3 Å². The van der Waals surface area contributed by atoms with Crippen LogP contribution in [-0.2, 0) is 9.63 Å². The molecule has 0 spiro atoms. The van der Waals surface area contributed by atoms with Crippen LogP contribution >= 0.6 is 15.9 Å². The van der Waals surface area contributed by atoms with E-state index in [4.69, 9.17) is 4.74 Å². The van der Waals surface area contributed by atoms with E-state index in [9.17, 15) is 9.59 Å². The summed E-state index contributed by atoms with van der Waals surface area (Å²) < 4.78 is 6.71. The number of benzene rings is 2. The maximum absolute atomic E-state index is 12.5. The minimum absolute atomic E-state index is 0.186. The SMILES string of the molecule is CC(=O)O/N=C1\CCOc2c(ccc3cc(Br)ccc23)C1=O. The van der Waals surface area contributed by atoms with Crippen molar-refractivity contribution in [2.24, 2.45) is 5.16 Å². The second-order valence-electron chi connectivity index (χ2n) is 4.86. The number of ketones is 1. The lowest BCUT2D eigenvalue weighted by Crippen LogP contribution is -2.15. The Kier molecular flexibility index (Phi) is 3.94. The van der Waals surface area contributed by atoms with Crippen LogP contribution in [0.3, 0.4) is 0 Å². The lowest BCUT2D eigenvalue weighted by molar-refractivity contribution is -0.140. The van der Waals surface area contributed by atoms with E-state index in [2.05, 4.69) is 25.9 Å². The Hall–Kier alpha value is -2.21. The molecular weight excluding hydrogens is 350 g/mol. The minimum Gasteiger partial charge on any atom is -0.492 e. The number of fused-ring (bicyclic) bond motifs is 3. The highest BCUT2D eigenvalue weighted by Crippen LogP contribution is 2.33. The quantitative estimate of drug-likeness (QED) is 0.576. The van der Waals surface area contributed by atoms with Crippen LogP contribution in [-0.4, -0.2) is 24.1 Å². The fourth-order valence-electron chi connectivity index (χ4n) is 2.33. The van der Waals surface area contributed by atoms with Crippen LogP contribution in [0.15, 0.2) is 40.0 Å². The molecule has 2 aromatic carbocycles. The summed E-state index contributed by atoms with van der Waals surface area (Å²) in [5.74, 6) is -0.296. The van der Waals surface area contributed by atoms with Crippen molar-refractivity contribution in [3.8, 4) is 5.75 Å². The van der Waals surface area contributed by atoms with Gasteiger partial charge < -0.3 is 9.57 Å².